The van der Waals surface area contributed by atoms with Gasteiger partial charge in [-0.05, 0) is 51.1 Å². The van der Waals surface area contributed by atoms with E-state index < -0.39 is 0 Å². The van der Waals surface area contributed by atoms with Crippen molar-refractivity contribution in [2.45, 2.75) is 44.6 Å². The molecule has 2 aliphatic rings. The van der Waals surface area contributed by atoms with Crippen LogP contribution in [0.25, 0.3) is 0 Å². The Balaban J connectivity index is 1.72. The first-order valence-electron chi connectivity index (χ1n) is 6.52. The number of nitrogens with zero attached hydrogens (tertiary/aromatic N) is 3. The second kappa shape index (κ2) is 4.53. The van der Waals surface area contributed by atoms with E-state index in [0.29, 0.717) is 5.92 Å². The van der Waals surface area contributed by atoms with Crippen LogP contribution in [0.3, 0.4) is 0 Å². The van der Waals surface area contributed by atoms with Gasteiger partial charge in [0.15, 0.2) is 0 Å². The van der Waals surface area contributed by atoms with Crippen LogP contribution < -0.4 is 5.32 Å². The molecule has 0 radical (unpaired) electrons. The lowest BCUT2D eigenvalue weighted by Gasteiger charge is -2.14. The molecule has 1 aliphatic heterocycles. The zero-order valence-corrected chi connectivity index (χ0v) is 9.73. The molecule has 1 aromatic heterocycles. The van der Waals surface area contributed by atoms with E-state index in [2.05, 4.69) is 20.1 Å². The maximum absolute atomic E-state index is 4.49. The van der Waals surface area contributed by atoms with Gasteiger partial charge in [0, 0.05) is 12.5 Å². The molecule has 0 aromatic carbocycles. The maximum atomic E-state index is 4.49. The lowest BCUT2D eigenvalue weighted by Crippen LogP contribution is -2.15. The van der Waals surface area contributed by atoms with Crippen LogP contribution in [0.15, 0.2) is 6.33 Å². The van der Waals surface area contributed by atoms with Crippen molar-refractivity contribution in [2.75, 3.05) is 13.1 Å². The first-order chi connectivity index (χ1) is 7.93. The molecule has 4 heteroatoms. The minimum Gasteiger partial charge on any atom is -0.317 e. The van der Waals surface area contributed by atoms with Crippen molar-refractivity contribution in [3.63, 3.8) is 0 Å². The molecule has 88 valence electrons. The first-order valence-corrected chi connectivity index (χ1v) is 6.52. The van der Waals surface area contributed by atoms with E-state index in [1.165, 1.54) is 37.9 Å². The second-order valence-electron chi connectivity index (χ2n) is 5.12. The zero-order valence-electron chi connectivity index (χ0n) is 9.73. The van der Waals surface area contributed by atoms with E-state index in [1.54, 1.807) is 6.33 Å². The third kappa shape index (κ3) is 2.26. The van der Waals surface area contributed by atoms with E-state index in [1.807, 2.05) is 0 Å². The Labute approximate surface area is 96.4 Å². The van der Waals surface area contributed by atoms with Gasteiger partial charge in [0.25, 0.3) is 0 Å². The summed E-state index contributed by atoms with van der Waals surface area (Å²) in [5.74, 6) is 2.73. The Morgan fingerprint density at radius 2 is 2.19 bits per heavy atom. The van der Waals surface area contributed by atoms with Crippen LogP contribution in [0, 0.1) is 5.92 Å². The highest BCUT2D eigenvalue weighted by molar-refractivity contribution is 4.98. The van der Waals surface area contributed by atoms with Crippen molar-refractivity contribution in [2.24, 2.45) is 5.92 Å². The Kier molecular flexibility index (Phi) is 2.91. The van der Waals surface area contributed by atoms with Gasteiger partial charge in [-0.2, -0.15) is 5.10 Å². The molecule has 1 aliphatic carbocycles. The molecular weight excluding hydrogens is 200 g/mol. The van der Waals surface area contributed by atoms with E-state index >= 15 is 0 Å². The summed E-state index contributed by atoms with van der Waals surface area (Å²) in [6, 6.07) is 0. The maximum Gasteiger partial charge on any atom is 0.138 e. The Morgan fingerprint density at radius 1 is 1.25 bits per heavy atom. The van der Waals surface area contributed by atoms with Gasteiger partial charge in [0.1, 0.15) is 12.2 Å². The zero-order chi connectivity index (χ0) is 10.8. The van der Waals surface area contributed by atoms with Gasteiger partial charge < -0.3 is 5.32 Å². The van der Waals surface area contributed by atoms with Crippen LogP contribution in [0.1, 0.15) is 43.8 Å². The molecule has 16 heavy (non-hydrogen) atoms. The van der Waals surface area contributed by atoms with Crippen molar-refractivity contribution >= 4 is 0 Å². The van der Waals surface area contributed by atoms with Crippen LogP contribution >= 0.6 is 0 Å². The van der Waals surface area contributed by atoms with Gasteiger partial charge in [-0.15, -0.1) is 0 Å². The van der Waals surface area contributed by atoms with Crippen molar-refractivity contribution in [3.05, 3.63) is 12.2 Å². The molecule has 0 bridgehead atoms. The van der Waals surface area contributed by atoms with Gasteiger partial charge in [0.2, 0.25) is 0 Å². The van der Waals surface area contributed by atoms with Crippen molar-refractivity contribution in [1.29, 1.82) is 0 Å². The minimum atomic E-state index is 0.622. The van der Waals surface area contributed by atoms with Crippen LogP contribution in [0.5, 0.6) is 0 Å². The molecule has 1 aromatic rings. The summed E-state index contributed by atoms with van der Waals surface area (Å²) in [7, 11) is 0. The highest BCUT2D eigenvalue weighted by Crippen LogP contribution is 2.32. The predicted octanol–water partition coefficient (Wildman–Crippen LogP) is 1.55. The number of rotatable bonds is 3. The van der Waals surface area contributed by atoms with Crippen LogP contribution in [-0.2, 0) is 6.54 Å². The molecule has 1 saturated heterocycles. The highest BCUT2D eigenvalue weighted by atomic mass is 15.3. The van der Waals surface area contributed by atoms with Crippen LogP contribution in [0.4, 0.5) is 0 Å². The predicted molar refractivity (Wildman–Crippen MR) is 62.2 cm³/mol. The average Bonchev–Trinajstić information content (AvgIpc) is 3.04. The Bertz CT molecular complexity index is 335. The van der Waals surface area contributed by atoms with Crippen LogP contribution in [0.2, 0.25) is 0 Å². The van der Waals surface area contributed by atoms with E-state index in [4.69, 9.17) is 0 Å². The molecule has 0 spiro atoms. The van der Waals surface area contributed by atoms with E-state index in [9.17, 15) is 0 Å². The Morgan fingerprint density at radius 3 is 3.06 bits per heavy atom. The monoisotopic (exact) mass is 220 g/mol. The fourth-order valence-electron chi connectivity index (χ4n) is 2.55. The molecule has 4 nitrogen and oxygen atoms in total. The van der Waals surface area contributed by atoms with Crippen molar-refractivity contribution in [3.8, 4) is 0 Å². The number of hydrogen-bond donors (Lipinski definition) is 1. The molecule has 0 amide bonds. The Hall–Kier alpha value is -0.900. The highest BCUT2D eigenvalue weighted by Gasteiger charge is 2.25. The van der Waals surface area contributed by atoms with Gasteiger partial charge in [-0.1, -0.05) is 0 Å². The van der Waals surface area contributed by atoms with E-state index in [0.717, 1.165) is 25.6 Å². The van der Waals surface area contributed by atoms with Crippen molar-refractivity contribution < 1.29 is 0 Å². The largest absolute Gasteiger partial charge is 0.317 e. The van der Waals surface area contributed by atoms with Gasteiger partial charge in [-0.25, -0.2) is 9.67 Å². The van der Waals surface area contributed by atoms with Gasteiger partial charge >= 0.3 is 0 Å². The summed E-state index contributed by atoms with van der Waals surface area (Å²) in [6.45, 7) is 3.38. The quantitative estimate of drug-likeness (QED) is 0.840. The molecule has 2 heterocycles. The lowest BCUT2D eigenvalue weighted by molar-refractivity contribution is 0.481. The molecule has 1 unspecified atom stereocenters. The smallest absolute Gasteiger partial charge is 0.138 e. The third-order valence-corrected chi connectivity index (χ3v) is 3.71. The SMILES string of the molecule is c1nc(C2CCCNCC2)n(CC2CC2)n1. The summed E-state index contributed by atoms with van der Waals surface area (Å²) in [6.07, 6.45) is 8.23. The van der Waals surface area contributed by atoms with Gasteiger partial charge in [-0.3, -0.25) is 0 Å². The van der Waals surface area contributed by atoms with Crippen LogP contribution in [-0.4, -0.2) is 27.9 Å². The third-order valence-electron chi connectivity index (χ3n) is 3.71. The summed E-state index contributed by atoms with van der Waals surface area (Å²) in [5.41, 5.74) is 0. The normalized spacial score (nSPS) is 26.6. The minimum absolute atomic E-state index is 0.622. The average molecular weight is 220 g/mol. The van der Waals surface area contributed by atoms with Gasteiger partial charge in [0.05, 0.1) is 0 Å². The summed E-state index contributed by atoms with van der Waals surface area (Å²) < 4.78 is 2.16. The number of hydrogen-bond acceptors (Lipinski definition) is 3. The van der Waals surface area contributed by atoms with E-state index in [-0.39, 0.29) is 0 Å². The molecular formula is C12H20N4. The number of nitrogens with one attached hydrogen (secondary N) is 1. The first kappa shape index (κ1) is 10.3. The molecule has 3 rings (SSSR count). The fraction of sp³-hybridized carbons (Fsp3) is 0.833. The molecule has 1 N–H and O–H groups in total. The summed E-state index contributed by atoms with van der Waals surface area (Å²) in [4.78, 5) is 4.49. The van der Waals surface area contributed by atoms with Crippen molar-refractivity contribution in [1.82, 2.24) is 20.1 Å². The summed E-state index contributed by atoms with van der Waals surface area (Å²) in [5, 5.41) is 7.84. The molecule has 1 atom stereocenters. The standard InChI is InChI=1S/C12H20N4/c1-2-11(5-7-13-6-1)12-14-9-15-16(12)8-10-3-4-10/h9-11,13H,1-8H2. The fourth-order valence-corrected chi connectivity index (χ4v) is 2.55. The molecule has 1 saturated carbocycles. The topological polar surface area (TPSA) is 42.7 Å². The summed E-state index contributed by atoms with van der Waals surface area (Å²) >= 11 is 0. The molecule has 2 fully saturated rings. The number of aromatic nitrogens is 3. The second-order valence-corrected chi connectivity index (χ2v) is 5.12. The lowest BCUT2D eigenvalue weighted by atomic mass is 10.00.